The smallest absolute Gasteiger partial charge is 0.258 e. The molecule has 0 aliphatic carbocycles. The molecule has 2 atom stereocenters. The van der Waals surface area contributed by atoms with Gasteiger partial charge in [0.25, 0.3) is 5.91 Å². The van der Waals surface area contributed by atoms with Gasteiger partial charge in [-0.2, -0.15) is 0 Å². The Bertz CT molecular complexity index is 520. The Morgan fingerprint density at radius 3 is 2.60 bits per heavy atom. The molecule has 2 aliphatic heterocycles. The van der Waals surface area contributed by atoms with E-state index < -0.39 is 0 Å². The summed E-state index contributed by atoms with van der Waals surface area (Å²) in [5.41, 5.74) is 0.601. The molecule has 0 radical (unpaired) electrons. The average Bonchev–Trinajstić information content (AvgIpc) is 2.70. The van der Waals surface area contributed by atoms with Crippen molar-refractivity contribution in [3.63, 3.8) is 0 Å². The molecule has 108 valence electrons. The summed E-state index contributed by atoms with van der Waals surface area (Å²) in [5, 5.41) is 9.83. The van der Waals surface area contributed by atoms with Crippen molar-refractivity contribution in [2.45, 2.75) is 43.9 Å². The highest BCUT2D eigenvalue weighted by Gasteiger charge is 2.43. The van der Waals surface area contributed by atoms with Crippen LogP contribution in [-0.4, -0.2) is 41.2 Å². The maximum Gasteiger partial charge on any atom is 0.258 e. The van der Waals surface area contributed by atoms with Crippen LogP contribution >= 0.6 is 15.9 Å². The molecular weight excluding hydrogens is 322 g/mol. The van der Waals surface area contributed by atoms with Gasteiger partial charge < -0.3 is 14.7 Å². The lowest BCUT2D eigenvalue weighted by Crippen LogP contribution is -2.48. The lowest BCUT2D eigenvalue weighted by atomic mass is 9.98. The van der Waals surface area contributed by atoms with E-state index in [9.17, 15) is 9.90 Å². The van der Waals surface area contributed by atoms with E-state index in [0.29, 0.717) is 24.2 Å². The summed E-state index contributed by atoms with van der Waals surface area (Å²) in [4.78, 5) is 14.8. The van der Waals surface area contributed by atoms with Crippen LogP contribution in [0.3, 0.4) is 0 Å². The summed E-state index contributed by atoms with van der Waals surface area (Å²) in [5.74, 6) is 0.614. The standard InChI is InChI=1S/C15H18BrNO3/c1-20-14-6-9(16)2-5-13(14)15(19)17-10-3-4-11(17)8-12(18)7-10/h2,5-6,10-12,18H,3-4,7-8H2,1H3. The van der Waals surface area contributed by atoms with Gasteiger partial charge in [0.1, 0.15) is 5.75 Å². The molecule has 2 heterocycles. The molecule has 1 aromatic carbocycles. The minimum absolute atomic E-state index is 0.0220. The number of carbonyl (C=O) groups excluding carboxylic acids is 1. The minimum Gasteiger partial charge on any atom is -0.496 e. The van der Waals surface area contributed by atoms with Crippen LogP contribution in [-0.2, 0) is 0 Å². The molecule has 1 aromatic rings. The number of rotatable bonds is 2. The average molecular weight is 340 g/mol. The number of benzene rings is 1. The second-order valence-corrected chi connectivity index (χ2v) is 6.48. The van der Waals surface area contributed by atoms with Crippen LogP contribution in [0.2, 0.25) is 0 Å². The fourth-order valence-electron chi connectivity index (χ4n) is 3.46. The number of hydrogen-bond donors (Lipinski definition) is 1. The molecule has 5 heteroatoms. The maximum atomic E-state index is 12.8. The monoisotopic (exact) mass is 339 g/mol. The number of aliphatic hydroxyl groups is 1. The summed E-state index contributed by atoms with van der Waals surface area (Å²) in [6.45, 7) is 0. The minimum atomic E-state index is -0.261. The van der Waals surface area contributed by atoms with E-state index in [0.717, 1.165) is 17.3 Å². The molecule has 4 nitrogen and oxygen atoms in total. The van der Waals surface area contributed by atoms with Crippen LogP contribution in [0.4, 0.5) is 0 Å². The summed E-state index contributed by atoms with van der Waals surface area (Å²) >= 11 is 3.39. The van der Waals surface area contributed by atoms with E-state index in [4.69, 9.17) is 4.74 Å². The Kier molecular flexibility index (Phi) is 3.73. The SMILES string of the molecule is COc1cc(Br)ccc1C(=O)N1C2CCC1CC(O)C2. The first-order valence-corrected chi connectivity index (χ1v) is 7.73. The fraction of sp³-hybridized carbons (Fsp3) is 0.533. The Hall–Kier alpha value is -1.07. The van der Waals surface area contributed by atoms with E-state index in [1.54, 1.807) is 13.2 Å². The quantitative estimate of drug-likeness (QED) is 0.900. The largest absolute Gasteiger partial charge is 0.496 e. The van der Waals surface area contributed by atoms with E-state index in [1.807, 2.05) is 17.0 Å². The van der Waals surface area contributed by atoms with Crippen LogP contribution in [0.25, 0.3) is 0 Å². The highest BCUT2D eigenvalue weighted by atomic mass is 79.9. The number of nitrogens with zero attached hydrogens (tertiary/aromatic N) is 1. The van der Waals surface area contributed by atoms with Gasteiger partial charge in [0.05, 0.1) is 18.8 Å². The van der Waals surface area contributed by atoms with Gasteiger partial charge in [-0.05, 0) is 43.9 Å². The molecule has 0 saturated carbocycles. The molecule has 0 aromatic heterocycles. The van der Waals surface area contributed by atoms with Crippen molar-refractivity contribution < 1.29 is 14.6 Å². The molecule has 2 fully saturated rings. The third kappa shape index (κ3) is 2.33. The molecule has 3 rings (SSSR count). The third-order valence-electron chi connectivity index (χ3n) is 4.34. The summed E-state index contributed by atoms with van der Waals surface area (Å²) in [6.07, 6.45) is 3.12. The van der Waals surface area contributed by atoms with Crippen LogP contribution in [0.5, 0.6) is 5.75 Å². The van der Waals surface area contributed by atoms with Gasteiger partial charge in [-0.25, -0.2) is 0 Å². The first-order chi connectivity index (χ1) is 9.60. The van der Waals surface area contributed by atoms with Gasteiger partial charge in [-0.1, -0.05) is 15.9 Å². The fourth-order valence-corrected chi connectivity index (χ4v) is 3.80. The van der Waals surface area contributed by atoms with Crippen molar-refractivity contribution in [2.75, 3.05) is 7.11 Å². The molecule has 20 heavy (non-hydrogen) atoms. The number of fused-ring (bicyclic) bond motifs is 2. The predicted octanol–water partition coefficient (Wildman–Crippen LogP) is 2.59. The summed E-state index contributed by atoms with van der Waals surface area (Å²) in [7, 11) is 1.58. The van der Waals surface area contributed by atoms with Gasteiger partial charge in [0.15, 0.2) is 0 Å². The predicted molar refractivity (Wildman–Crippen MR) is 78.9 cm³/mol. The van der Waals surface area contributed by atoms with Crippen molar-refractivity contribution in [1.29, 1.82) is 0 Å². The van der Waals surface area contributed by atoms with Crippen molar-refractivity contribution >= 4 is 21.8 Å². The van der Waals surface area contributed by atoms with Crippen molar-refractivity contribution in [1.82, 2.24) is 4.90 Å². The molecule has 2 unspecified atom stereocenters. The normalized spacial score (nSPS) is 28.6. The van der Waals surface area contributed by atoms with Crippen LogP contribution in [0, 0.1) is 0 Å². The second kappa shape index (κ2) is 5.37. The number of hydrogen-bond acceptors (Lipinski definition) is 3. The number of methoxy groups -OCH3 is 1. The Labute approximate surface area is 126 Å². The lowest BCUT2D eigenvalue weighted by Gasteiger charge is -2.37. The van der Waals surface area contributed by atoms with Crippen molar-refractivity contribution in [2.24, 2.45) is 0 Å². The van der Waals surface area contributed by atoms with Crippen molar-refractivity contribution in [3.05, 3.63) is 28.2 Å². The van der Waals surface area contributed by atoms with Crippen LogP contribution in [0.1, 0.15) is 36.0 Å². The second-order valence-electron chi connectivity index (χ2n) is 5.57. The van der Waals surface area contributed by atoms with E-state index in [2.05, 4.69) is 15.9 Å². The highest BCUT2D eigenvalue weighted by Crippen LogP contribution is 2.38. The number of carbonyl (C=O) groups is 1. The zero-order valence-corrected chi connectivity index (χ0v) is 13.0. The summed E-state index contributed by atoms with van der Waals surface area (Å²) < 4.78 is 6.21. The molecule has 2 saturated heterocycles. The third-order valence-corrected chi connectivity index (χ3v) is 4.83. The number of amides is 1. The maximum absolute atomic E-state index is 12.8. The first-order valence-electron chi connectivity index (χ1n) is 6.94. The van der Waals surface area contributed by atoms with Crippen LogP contribution < -0.4 is 4.74 Å². The number of ether oxygens (including phenoxy) is 1. The first kappa shape index (κ1) is 13.9. The number of aliphatic hydroxyl groups excluding tert-OH is 1. The van der Waals surface area contributed by atoms with Gasteiger partial charge in [-0.3, -0.25) is 4.79 Å². The molecule has 1 amide bonds. The molecule has 1 N–H and O–H groups in total. The highest BCUT2D eigenvalue weighted by molar-refractivity contribution is 9.10. The Balaban J connectivity index is 1.90. The van der Waals surface area contributed by atoms with E-state index >= 15 is 0 Å². The van der Waals surface area contributed by atoms with Gasteiger partial charge in [-0.15, -0.1) is 0 Å². The molecule has 2 aliphatic rings. The topological polar surface area (TPSA) is 49.8 Å². The van der Waals surface area contributed by atoms with Crippen molar-refractivity contribution in [3.8, 4) is 5.75 Å². The molecule has 0 spiro atoms. The lowest BCUT2D eigenvalue weighted by molar-refractivity contribution is 0.0285. The van der Waals surface area contributed by atoms with Gasteiger partial charge in [0.2, 0.25) is 0 Å². The summed E-state index contributed by atoms with van der Waals surface area (Å²) in [6, 6.07) is 5.81. The van der Waals surface area contributed by atoms with E-state index in [1.165, 1.54) is 0 Å². The molecular formula is C15H18BrNO3. The molecule has 2 bridgehead atoms. The van der Waals surface area contributed by atoms with E-state index in [-0.39, 0.29) is 24.1 Å². The zero-order chi connectivity index (χ0) is 14.3. The number of halogens is 1. The van der Waals surface area contributed by atoms with Crippen LogP contribution in [0.15, 0.2) is 22.7 Å². The van der Waals surface area contributed by atoms with Gasteiger partial charge in [0, 0.05) is 16.6 Å². The number of piperidine rings is 1. The Morgan fingerprint density at radius 2 is 2.00 bits per heavy atom. The van der Waals surface area contributed by atoms with Gasteiger partial charge >= 0.3 is 0 Å². The zero-order valence-electron chi connectivity index (χ0n) is 11.4. The Morgan fingerprint density at radius 1 is 1.35 bits per heavy atom.